The third-order valence-corrected chi connectivity index (χ3v) is 4.21. The van der Waals surface area contributed by atoms with E-state index < -0.39 is 0 Å². The van der Waals surface area contributed by atoms with Crippen molar-refractivity contribution in [2.24, 2.45) is 5.73 Å². The fourth-order valence-corrected chi connectivity index (χ4v) is 2.82. The minimum Gasteiger partial charge on any atom is -0.354 e. The number of nitrogens with one attached hydrogen (secondary N) is 1. The second-order valence-corrected chi connectivity index (χ2v) is 6.27. The Labute approximate surface area is 138 Å². The summed E-state index contributed by atoms with van der Waals surface area (Å²) in [5.74, 6) is -0.146. The first-order valence-electron chi connectivity index (χ1n) is 7.51. The van der Waals surface area contributed by atoms with Gasteiger partial charge in [-0.2, -0.15) is 0 Å². The molecule has 0 bridgehead atoms. The number of nitrogens with zero attached hydrogens (tertiary/aromatic N) is 2. The standard InChI is InChI=1S/C15H21BrN4O2/c16-11-4-5-13(18-9-11)15(22)20-8-2-1-3-12(20)10-19-14(21)6-7-17/h4-5,9,12H,1-3,6-8,10,17H2,(H,19,21). The van der Waals surface area contributed by atoms with E-state index in [2.05, 4.69) is 26.2 Å². The first-order chi connectivity index (χ1) is 10.6. The van der Waals surface area contributed by atoms with Crippen LogP contribution in [0.15, 0.2) is 22.8 Å². The maximum absolute atomic E-state index is 12.6. The molecule has 0 spiro atoms. The Balaban J connectivity index is 2.00. The highest BCUT2D eigenvalue weighted by atomic mass is 79.9. The second kappa shape index (κ2) is 8.24. The highest BCUT2D eigenvalue weighted by Crippen LogP contribution is 2.19. The summed E-state index contributed by atoms with van der Waals surface area (Å²) in [6.07, 6.45) is 4.87. The molecule has 1 aromatic rings. The normalized spacial score (nSPS) is 18.1. The smallest absolute Gasteiger partial charge is 0.272 e. The summed E-state index contributed by atoms with van der Waals surface area (Å²) in [6, 6.07) is 3.54. The van der Waals surface area contributed by atoms with Gasteiger partial charge in [0.2, 0.25) is 5.91 Å². The monoisotopic (exact) mass is 368 g/mol. The van der Waals surface area contributed by atoms with Gasteiger partial charge in [0.1, 0.15) is 5.69 Å². The van der Waals surface area contributed by atoms with Crippen LogP contribution in [0.25, 0.3) is 0 Å². The molecule has 1 aliphatic heterocycles. The van der Waals surface area contributed by atoms with Crippen molar-refractivity contribution in [1.29, 1.82) is 0 Å². The number of amides is 2. The number of likely N-dealkylation sites (tertiary alicyclic amines) is 1. The number of hydrogen-bond donors (Lipinski definition) is 2. The molecule has 120 valence electrons. The third-order valence-electron chi connectivity index (χ3n) is 3.74. The van der Waals surface area contributed by atoms with E-state index >= 15 is 0 Å². The van der Waals surface area contributed by atoms with Crippen LogP contribution in [0.2, 0.25) is 0 Å². The lowest BCUT2D eigenvalue weighted by Gasteiger charge is -2.35. The molecule has 2 rings (SSSR count). The summed E-state index contributed by atoms with van der Waals surface area (Å²) in [5.41, 5.74) is 5.80. The van der Waals surface area contributed by atoms with Crippen LogP contribution in [0.3, 0.4) is 0 Å². The minimum absolute atomic E-state index is 0.0217. The number of nitrogens with two attached hydrogens (primary N) is 1. The SMILES string of the molecule is NCCC(=O)NCC1CCCCN1C(=O)c1ccc(Br)cn1. The van der Waals surface area contributed by atoms with Crippen LogP contribution >= 0.6 is 15.9 Å². The summed E-state index contributed by atoms with van der Waals surface area (Å²) >= 11 is 3.31. The van der Waals surface area contributed by atoms with Crippen LogP contribution in [-0.4, -0.2) is 47.4 Å². The van der Waals surface area contributed by atoms with E-state index in [1.54, 1.807) is 12.3 Å². The molecule has 6 nitrogen and oxygen atoms in total. The lowest BCUT2D eigenvalue weighted by Crippen LogP contribution is -2.49. The van der Waals surface area contributed by atoms with Gasteiger partial charge >= 0.3 is 0 Å². The molecule has 1 unspecified atom stereocenters. The van der Waals surface area contributed by atoms with Crippen LogP contribution in [0.4, 0.5) is 0 Å². The number of halogens is 1. The number of carbonyl (C=O) groups is 2. The third kappa shape index (κ3) is 4.51. The molecule has 1 aliphatic rings. The molecular weight excluding hydrogens is 348 g/mol. The van der Waals surface area contributed by atoms with Crippen LogP contribution in [0.5, 0.6) is 0 Å². The first-order valence-corrected chi connectivity index (χ1v) is 8.30. The Morgan fingerprint density at radius 3 is 2.91 bits per heavy atom. The molecule has 1 atom stereocenters. The number of carbonyl (C=O) groups excluding carboxylic acids is 2. The zero-order valence-corrected chi connectivity index (χ0v) is 14.0. The summed E-state index contributed by atoms with van der Waals surface area (Å²) in [7, 11) is 0. The second-order valence-electron chi connectivity index (χ2n) is 5.35. The van der Waals surface area contributed by atoms with Crippen LogP contribution in [0, 0.1) is 0 Å². The van der Waals surface area contributed by atoms with E-state index in [0.29, 0.717) is 31.7 Å². The maximum atomic E-state index is 12.6. The fraction of sp³-hybridized carbons (Fsp3) is 0.533. The summed E-state index contributed by atoms with van der Waals surface area (Å²) in [4.78, 5) is 30.2. The molecule has 0 saturated carbocycles. The Bertz CT molecular complexity index is 521. The molecule has 0 aliphatic carbocycles. The Morgan fingerprint density at radius 2 is 2.23 bits per heavy atom. The van der Waals surface area contributed by atoms with E-state index in [0.717, 1.165) is 23.7 Å². The zero-order chi connectivity index (χ0) is 15.9. The number of rotatable bonds is 5. The van der Waals surface area contributed by atoms with Gasteiger partial charge in [0, 0.05) is 42.8 Å². The number of hydrogen-bond acceptors (Lipinski definition) is 4. The highest BCUT2D eigenvalue weighted by Gasteiger charge is 2.28. The highest BCUT2D eigenvalue weighted by molar-refractivity contribution is 9.10. The molecule has 3 N–H and O–H groups in total. The molecule has 1 aromatic heterocycles. The Kier molecular flexibility index (Phi) is 6.33. The van der Waals surface area contributed by atoms with E-state index in [4.69, 9.17) is 5.73 Å². The number of pyridine rings is 1. The predicted molar refractivity (Wildman–Crippen MR) is 87.3 cm³/mol. The predicted octanol–water partition coefficient (Wildman–Crippen LogP) is 1.30. The molecule has 7 heteroatoms. The lowest BCUT2D eigenvalue weighted by molar-refractivity contribution is -0.121. The van der Waals surface area contributed by atoms with Crippen molar-refractivity contribution in [3.8, 4) is 0 Å². The van der Waals surface area contributed by atoms with Crippen molar-refractivity contribution in [3.05, 3.63) is 28.5 Å². The topological polar surface area (TPSA) is 88.3 Å². The molecule has 1 fully saturated rings. The molecule has 0 aromatic carbocycles. The Hall–Kier alpha value is -1.47. The van der Waals surface area contributed by atoms with E-state index in [1.165, 1.54) is 0 Å². The van der Waals surface area contributed by atoms with Gasteiger partial charge in [0.05, 0.1) is 0 Å². The van der Waals surface area contributed by atoms with Gasteiger partial charge in [-0.3, -0.25) is 9.59 Å². The average molecular weight is 369 g/mol. The van der Waals surface area contributed by atoms with Gasteiger partial charge in [0.25, 0.3) is 5.91 Å². The number of aromatic nitrogens is 1. The molecule has 0 radical (unpaired) electrons. The van der Waals surface area contributed by atoms with Gasteiger partial charge in [0.15, 0.2) is 0 Å². The molecule has 1 saturated heterocycles. The van der Waals surface area contributed by atoms with Crippen molar-refractivity contribution in [1.82, 2.24) is 15.2 Å². The van der Waals surface area contributed by atoms with Gasteiger partial charge in [-0.15, -0.1) is 0 Å². The van der Waals surface area contributed by atoms with Crippen molar-refractivity contribution >= 4 is 27.7 Å². The molecular formula is C15H21BrN4O2. The van der Waals surface area contributed by atoms with Crippen molar-refractivity contribution in [2.45, 2.75) is 31.7 Å². The van der Waals surface area contributed by atoms with E-state index in [1.807, 2.05) is 11.0 Å². The minimum atomic E-state index is -0.0785. The zero-order valence-electron chi connectivity index (χ0n) is 12.4. The van der Waals surface area contributed by atoms with Crippen LogP contribution < -0.4 is 11.1 Å². The van der Waals surface area contributed by atoms with Gasteiger partial charge < -0.3 is 16.0 Å². The summed E-state index contributed by atoms with van der Waals surface area (Å²) in [5, 5.41) is 2.86. The van der Waals surface area contributed by atoms with E-state index in [9.17, 15) is 9.59 Å². The van der Waals surface area contributed by atoms with Crippen LogP contribution in [-0.2, 0) is 4.79 Å². The number of piperidine rings is 1. The van der Waals surface area contributed by atoms with Crippen LogP contribution in [0.1, 0.15) is 36.2 Å². The maximum Gasteiger partial charge on any atom is 0.272 e. The quantitative estimate of drug-likeness (QED) is 0.819. The largest absolute Gasteiger partial charge is 0.354 e. The van der Waals surface area contributed by atoms with Gasteiger partial charge in [-0.05, 0) is 47.3 Å². The van der Waals surface area contributed by atoms with Gasteiger partial charge in [-0.1, -0.05) is 0 Å². The van der Waals surface area contributed by atoms with Crippen molar-refractivity contribution in [3.63, 3.8) is 0 Å². The molecule has 2 amide bonds. The first kappa shape index (κ1) is 16.9. The summed E-state index contributed by atoms with van der Waals surface area (Å²) in [6.45, 7) is 1.51. The van der Waals surface area contributed by atoms with Crippen molar-refractivity contribution in [2.75, 3.05) is 19.6 Å². The average Bonchev–Trinajstić information content (AvgIpc) is 2.53. The lowest BCUT2D eigenvalue weighted by atomic mass is 10.0. The van der Waals surface area contributed by atoms with E-state index in [-0.39, 0.29) is 17.9 Å². The molecule has 22 heavy (non-hydrogen) atoms. The van der Waals surface area contributed by atoms with Gasteiger partial charge in [-0.25, -0.2) is 4.98 Å². The Morgan fingerprint density at radius 1 is 1.41 bits per heavy atom. The molecule has 2 heterocycles. The fourth-order valence-electron chi connectivity index (χ4n) is 2.58. The van der Waals surface area contributed by atoms with Crippen molar-refractivity contribution < 1.29 is 9.59 Å². The summed E-state index contributed by atoms with van der Waals surface area (Å²) < 4.78 is 0.841.